The van der Waals surface area contributed by atoms with E-state index in [0.29, 0.717) is 35.5 Å². The Morgan fingerprint density at radius 3 is 1.80 bits per heavy atom. The van der Waals surface area contributed by atoms with Gasteiger partial charge in [0.25, 0.3) is 5.91 Å². The van der Waals surface area contributed by atoms with Crippen molar-refractivity contribution in [2.45, 2.75) is 51.9 Å². The number of hydrogen-bond acceptors (Lipinski definition) is 12. The summed E-state index contributed by atoms with van der Waals surface area (Å²) in [5.41, 5.74) is 5.52. The van der Waals surface area contributed by atoms with E-state index >= 15 is 0 Å². The van der Waals surface area contributed by atoms with E-state index in [9.17, 15) is 22.8 Å². The molecule has 18 heteroatoms. The number of benzene rings is 4. The number of nitrogens with one attached hydrogen (secondary N) is 3. The first kappa shape index (κ1) is 46.9. The highest BCUT2D eigenvalue weighted by Gasteiger charge is 2.31. The number of alkyl halides is 3. The molecule has 0 bridgehead atoms. The lowest BCUT2D eigenvalue weighted by Gasteiger charge is -2.35. The maximum atomic E-state index is 12.4. The number of aromatic nitrogens is 4. The molecule has 2 aliphatic rings. The van der Waals surface area contributed by atoms with Gasteiger partial charge in [-0.15, -0.1) is 13.2 Å². The predicted octanol–water partition coefficient (Wildman–Crippen LogP) is 8.07. The molecule has 4 heterocycles. The van der Waals surface area contributed by atoms with Crippen LogP contribution in [0.4, 0.5) is 36.4 Å². The van der Waals surface area contributed by atoms with Crippen molar-refractivity contribution in [2.24, 2.45) is 0 Å². The maximum Gasteiger partial charge on any atom is 0.573 e. The summed E-state index contributed by atoms with van der Waals surface area (Å²) in [7, 11) is 4.28. The van der Waals surface area contributed by atoms with E-state index in [-0.39, 0.29) is 30.6 Å². The molecule has 0 spiro atoms. The number of piperazine rings is 1. The molecule has 0 aliphatic carbocycles. The maximum absolute atomic E-state index is 12.4. The molecule has 342 valence electrons. The Bertz CT molecular complexity index is 2590. The summed E-state index contributed by atoms with van der Waals surface area (Å²) in [5, 5.41) is 10.9. The van der Waals surface area contributed by atoms with E-state index in [1.807, 2.05) is 68.4 Å². The highest BCUT2D eigenvalue weighted by molar-refractivity contribution is 9.10. The van der Waals surface area contributed by atoms with Crippen LogP contribution in [0.15, 0.2) is 89.4 Å². The van der Waals surface area contributed by atoms with Gasteiger partial charge in [-0.1, -0.05) is 28.1 Å². The molecule has 14 nitrogen and oxygen atoms in total. The van der Waals surface area contributed by atoms with Crippen LogP contribution in [-0.4, -0.2) is 109 Å². The molecule has 65 heavy (non-hydrogen) atoms. The van der Waals surface area contributed by atoms with Crippen molar-refractivity contribution in [3.63, 3.8) is 0 Å². The Hall–Kier alpha value is -6.11. The lowest BCUT2D eigenvalue weighted by atomic mass is 10.0. The number of hydrogen-bond donors (Lipinski definition) is 3. The second-order valence-corrected chi connectivity index (χ2v) is 17.0. The largest absolute Gasteiger partial charge is 0.573 e. The number of carbonyl (C=O) groups is 2. The number of anilines is 4. The van der Waals surface area contributed by atoms with Crippen LogP contribution in [-0.2, 0) is 16.0 Å². The summed E-state index contributed by atoms with van der Waals surface area (Å²) >= 11 is 3.38. The van der Waals surface area contributed by atoms with Gasteiger partial charge >= 0.3 is 6.36 Å². The van der Waals surface area contributed by atoms with Gasteiger partial charge in [0.2, 0.25) is 17.8 Å². The minimum atomic E-state index is -4.72. The van der Waals surface area contributed by atoms with E-state index in [1.54, 1.807) is 6.07 Å². The van der Waals surface area contributed by atoms with Gasteiger partial charge < -0.3 is 40.1 Å². The summed E-state index contributed by atoms with van der Waals surface area (Å²) in [6.45, 7) is 9.29. The van der Waals surface area contributed by atoms with Gasteiger partial charge in [0, 0.05) is 78.4 Å². The summed E-state index contributed by atoms with van der Waals surface area (Å²) in [4.78, 5) is 50.3. The average molecular weight is 958 g/mol. The molecule has 4 aromatic carbocycles. The van der Waals surface area contributed by atoms with Crippen molar-refractivity contribution < 1.29 is 32.2 Å². The fourth-order valence-corrected chi connectivity index (χ4v) is 7.90. The topological polar surface area (TPSA) is 150 Å². The minimum Gasteiger partial charge on any atom is -0.484 e. The van der Waals surface area contributed by atoms with Gasteiger partial charge in [-0.25, -0.2) is 19.9 Å². The number of fused-ring (bicyclic) bond motifs is 2. The highest BCUT2D eigenvalue weighted by atomic mass is 79.9. The zero-order chi connectivity index (χ0) is 46.1. The van der Waals surface area contributed by atoms with Crippen LogP contribution in [0.5, 0.6) is 11.5 Å². The van der Waals surface area contributed by atoms with Gasteiger partial charge in [0.15, 0.2) is 6.61 Å². The van der Waals surface area contributed by atoms with Crippen LogP contribution in [0.2, 0.25) is 0 Å². The number of amides is 2. The molecule has 0 radical (unpaired) electrons. The van der Waals surface area contributed by atoms with E-state index in [1.165, 1.54) is 24.3 Å². The molecule has 2 fully saturated rings. The molecule has 2 aromatic heterocycles. The summed E-state index contributed by atoms with van der Waals surface area (Å²) in [5.74, 6) is 1.45. The van der Waals surface area contributed by atoms with Gasteiger partial charge in [-0.05, 0) is 126 Å². The minimum absolute atomic E-state index is 0.0585. The van der Waals surface area contributed by atoms with Crippen LogP contribution >= 0.6 is 15.9 Å². The number of ether oxygens (including phenoxy) is 2. The van der Waals surface area contributed by atoms with Gasteiger partial charge in [0.05, 0.1) is 22.4 Å². The van der Waals surface area contributed by atoms with Gasteiger partial charge in [-0.3, -0.25) is 9.59 Å². The first-order valence-corrected chi connectivity index (χ1v) is 22.2. The van der Waals surface area contributed by atoms with Crippen molar-refractivity contribution in [3.05, 3.63) is 106 Å². The molecule has 3 N–H and O–H groups in total. The molecular formula is C47H52BrF3N10O4. The number of rotatable bonds is 12. The number of piperidine rings is 1. The van der Waals surface area contributed by atoms with Crippen molar-refractivity contribution >= 4 is 72.8 Å². The second-order valence-electron chi connectivity index (χ2n) is 16.1. The third-order valence-corrected chi connectivity index (χ3v) is 11.7. The SMILES string of the molecule is Cc1nc(N2CCC(N(C)C)CC2)nc2ccc(NC(=O)COc3ccc(Br)cc3)cc12.Cc1nc(N2CCNCC2)nc2ccc(NC(=O)CCc3ccc(OC(F)(F)F)cc3)cc12. The van der Waals surface area contributed by atoms with Gasteiger partial charge in [0.1, 0.15) is 11.5 Å². The summed E-state index contributed by atoms with van der Waals surface area (Å²) < 4.78 is 47.1. The Morgan fingerprint density at radius 2 is 1.26 bits per heavy atom. The van der Waals surface area contributed by atoms with E-state index < -0.39 is 6.36 Å². The molecule has 0 unspecified atom stereocenters. The predicted molar refractivity (Wildman–Crippen MR) is 251 cm³/mol. The number of halogens is 4. The van der Waals surface area contributed by atoms with Crippen LogP contribution in [0.1, 0.15) is 36.2 Å². The third kappa shape index (κ3) is 13.2. The third-order valence-electron chi connectivity index (χ3n) is 11.2. The molecule has 2 saturated heterocycles. The van der Waals surface area contributed by atoms with Crippen LogP contribution in [0, 0.1) is 13.8 Å². The molecule has 0 saturated carbocycles. The average Bonchev–Trinajstić information content (AvgIpc) is 3.29. The normalized spacial score (nSPS) is 14.5. The van der Waals surface area contributed by atoms with Gasteiger partial charge in [-0.2, -0.15) is 0 Å². The summed E-state index contributed by atoms with van der Waals surface area (Å²) in [6.07, 6.45) is -1.92. The number of carbonyl (C=O) groups excluding carboxylic acids is 2. The Morgan fingerprint density at radius 1 is 0.738 bits per heavy atom. The Labute approximate surface area is 384 Å². The van der Waals surface area contributed by atoms with Crippen molar-refractivity contribution in [1.29, 1.82) is 0 Å². The first-order valence-electron chi connectivity index (χ1n) is 21.4. The number of aryl methyl sites for hydroxylation is 3. The molecular weight excluding hydrogens is 905 g/mol. The van der Waals surface area contributed by atoms with E-state index in [2.05, 4.69) is 75.4 Å². The quantitative estimate of drug-likeness (QED) is 0.109. The lowest BCUT2D eigenvalue weighted by molar-refractivity contribution is -0.274. The molecule has 6 aromatic rings. The standard InChI is InChI=1S/C24H28BrN5O2.C23H24F3N5O2/c1-16-21-14-18(27-23(31)15-32-20-7-4-17(25)5-8-20)6-9-22(21)28-24(26-16)30-12-10-19(11-13-30)29(2)3;1-15-19-14-17(5-8-20(19)30-22(28-15)31-12-10-27-11-13-31)29-21(32)9-4-16-2-6-18(7-3-16)33-23(24,25)26/h4-9,14,19H,10-13,15H2,1-3H3,(H,27,31);2-3,5-8,14,27H,4,9-13H2,1H3,(H,29,32). The van der Waals surface area contributed by atoms with Crippen LogP contribution in [0.3, 0.4) is 0 Å². The second kappa shape index (κ2) is 21.3. The smallest absolute Gasteiger partial charge is 0.484 e. The Kier molecular flexibility index (Phi) is 15.3. The fourth-order valence-electron chi connectivity index (χ4n) is 7.63. The molecule has 0 atom stereocenters. The molecule has 8 rings (SSSR count). The zero-order valence-electron chi connectivity index (χ0n) is 36.7. The summed E-state index contributed by atoms with van der Waals surface area (Å²) in [6, 6.07) is 24.7. The van der Waals surface area contributed by atoms with E-state index in [0.717, 1.165) is 101 Å². The number of nitrogens with zero attached hydrogens (tertiary/aromatic N) is 7. The molecule has 2 aliphatic heterocycles. The zero-order valence-corrected chi connectivity index (χ0v) is 38.3. The van der Waals surface area contributed by atoms with Crippen molar-refractivity contribution in [3.8, 4) is 11.5 Å². The fraction of sp³-hybridized carbons (Fsp3) is 0.362. The lowest BCUT2D eigenvalue weighted by Crippen LogP contribution is -2.44. The monoisotopic (exact) mass is 956 g/mol. The Balaban J connectivity index is 0.000000194. The highest BCUT2D eigenvalue weighted by Crippen LogP contribution is 2.27. The van der Waals surface area contributed by atoms with Crippen molar-refractivity contribution in [2.75, 3.05) is 80.4 Å². The van der Waals surface area contributed by atoms with E-state index in [4.69, 9.17) is 14.7 Å². The van der Waals surface area contributed by atoms with Crippen molar-refractivity contribution in [1.82, 2.24) is 30.2 Å². The van der Waals surface area contributed by atoms with Crippen LogP contribution < -0.4 is 35.2 Å². The molecule has 2 amide bonds. The first-order chi connectivity index (χ1) is 31.2. The van der Waals surface area contributed by atoms with Crippen LogP contribution in [0.25, 0.3) is 21.8 Å².